The summed E-state index contributed by atoms with van der Waals surface area (Å²) in [6.07, 6.45) is 0.966. The number of hydrogen-bond donors (Lipinski definition) is 1. The van der Waals surface area contributed by atoms with E-state index in [0.29, 0.717) is 0 Å². The van der Waals surface area contributed by atoms with Gasteiger partial charge in [-0.15, -0.1) is 17.0 Å². The average molecular weight is 370 g/mol. The largest absolute Gasteiger partial charge is 0.366 e. The highest BCUT2D eigenvalue weighted by molar-refractivity contribution is 9.08. The first-order valence-electron chi connectivity index (χ1n) is 5.72. The molecule has 2 nitrogen and oxygen atoms in total. The molecule has 0 bridgehead atoms. The van der Waals surface area contributed by atoms with Gasteiger partial charge in [-0.3, -0.25) is 0 Å². The molecule has 0 saturated carbocycles. The molecular weight excluding hydrogens is 356 g/mol. The second-order valence-electron chi connectivity index (χ2n) is 4.24. The van der Waals surface area contributed by atoms with Crippen LogP contribution in [0.4, 0.5) is 5.82 Å². The fourth-order valence-electron chi connectivity index (χ4n) is 2.19. The maximum atomic E-state index is 4.62. The molecular formula is C14H14Br2N2. The van der Waals surface area contributed by atoms with Crippen LogP contribution >= 0.6 is 32.9 Å². The summed E-state index contributed by atoms with van der Waals surface area (Å²) in [6, 6.07) is 12.8. The van der Waals surface area contributed by atoms with Gasteiger partial charge in [0.2, 0.25) is 0 Å². The van der Waals surface area contributed by atoms with Gasteiger partial charge >= 0.3 is 0 Å². The van der Waals surface area contributed by atoms with Crippen molar-refractivity contribution in [1.29, 1.82) is 0 Å². The van der Waals surface area contributed by atoms with Crippen molar-refractivity contribution in [3.05, 3.63) is 58.8 Å². The first kappa shape index (κ1) is 13.6. The summed E-state index contributed by atoms with van der Waals surface area (Å²) in [5.41, 5.74) is 5.11. The van der Waals surface area contributed by atoms with Crippen molar-refractivity contribution in [2.75, 3.05) is 5.32 Å². The van der Waals surface area contributed by atoms with Crippen LogP contribution in [-0.2, 0) is 18.3 Å². The van der Waals surface area contributed by atoms with Crippen LogP contribution < -0.4 is 5.32 Å². The number of aromatic nitrogens is 1. The third-order valence-corrected chi connectivity index (χ3v) is 3.69. The maximum absolute atomic E-state index is 4.62. The number of anilines is 1. The molecule has 1 aromatic carbocycles. The normalized spacial score (nSPS) is 12.5. The molecule has 2 aromatic rings. The number of fused-ring (bicyclic) bond motifs is 2. The quantitative estimate of drug-likeness (QED) is 0.766. The molecule has 2 heterocycles. The molecule has 0 atom stereocenters. The Kier molecular flexibility index (Phi) is 4.40. The Bertz CT molecular complexity index is 555. The van der Waals surface area contributed by atoms with Gasteiger partial charge < -0.3 is 5.32 Å². The van der Waals surface area contributed by atoms with Gasteiger partial charge in [-0.25, -0.2) is 4.98 Å². The van der Waals surface area contributed by atoms with Gasteiger partial charge in [0.25, 0.3) is 0 Å². The fraction of sp³-hybridized carbons (Fsp3) is 0.214. The first-order chi connectivity index (χ1) is 8.36. The second-order valence-corrected chi connectivity index (χ2v) is 4.80. The van der Waals surface area contributed by atoms with Crippen LogP contribution in [0.1, 0.15) is 22.4 Å². The molecule has 1 aliphatic rings. The van der Waals surface area contributed by atoms with Crippen LogP contribution in [0.5, 0.6) is 0 Å². The summed E-state index contributed by atoms with van der Waals surface area (Å²) in [5, 5.41) is 4.22. The topological polar surface area (TPSA) is 24.9 Å². The lowest BCUT2D eigenvalue weighted by Gasteiger charge is -2.07. The van der Waals surface area contributed by atoms with Crippen LogP contribution in [0.3, 0.4) is 0 Å². The van der Waals surface area contributed by atoms with Gasteiger partial charge in [0.05, 0.1) is 5.69 Å². The zero-order valence-corrected chi connectivity index (χ0v) is 13.1. The van der Waals surface area contributed by atoms with E-state index in [9.17, 15) is 0 Å². The Hall–Kier alpha value is -0.870. The summed E-state index contributed by atoms with van der Waals surface area (Å²) in [5.74, 6) is 1.03. The third-order valence-electron chi connectivity index (χ3n) is 3.12. The van der Waals surface area contributed by atoms with Gasteiger partial charge in [-0.2, -0.15) is 0 Å². The van der Waals surface area contributed by atoms with Crippen molar-refractivity contribution in [2.45, 2.75) is 18.3 Å². The van der Waals surface area contributed by atoms with E-state index in [1.165, 1.54) is 16.7 Å². The summed E-state index contributed by atoms with van der Waals surface area (Å²) >= 11 is 3.44. The standard InChI is InChI=1S/C14H13BrN2.BrH/c15-8-13-6-5-11-7-10-3-1-2-4-12(10)9-16-14(11)17-13;/h1-6H,7-9H2,(H,16,17);1H. The highest BCUT2D eigenvalue weighted by Crippen LogP contribution is 2.25. The van der Waals surface area contributed by atoms with Crippen LogP contribution in [-0.4, -0.2) is 4.98 Å². The van der Waals surface area contributed by atoms with Crippen LogP contribution in [0, 0.1) is 0 Å². The zero-order chi connectivity index (χ0) is 11.7. The van der Waals surface area contributed by atoms with Crippen molar-refractivity contribution < 1.29 is 0 Å². The summed E-state index contributed by atoms with van der Waals surface area (Å²) in [4.78, 5) is 4.62. The molecule has 1 N–H and O–H groups in total. The van der Waals surface area contributed by atoms with Crippen LogP contribution in [0.2, 0.25) is 0 Å². The lowest BCUT2D eigenvalue weighted by molar-refractivity contribution is 1.09. The minimum absolute atomic E-state index is 0. The minimum atomic E-state index is 0. The van der Waals surface area contributed by atoms with Crippen LogP contribution in [0.15, 0.2) is 36.4 Å². The predicted octanol–water partition coefficient (Wildman–Crippen LogP) is 4.07. The SMILES string of the molecule is Br.BrCc1ccc2c(n1)NCc1ccccc1C2. The highest BCUT2D eigenvalue weighted by atomic mass is 79.9. The molecule has 0 fully saturated rings. The number of rotatable bonds is 1. The van der Waals surface area contributed by atoms with Crippen molar-refractivity contribution in [2.24, 2.45) is 0 Å². The van der Waals surface area contributed by atoms with Gasteiger partial charge in [0, 0.05) is 18.3 Å². The van der Waals surface area contributed by atoms with Gasteiger partial charge in [0.1, 0.15) is 5.82 Å². The Morgan fingerprint density at radius 1 is 1.06 bits per heavy atom. The molecule has 0 amide bonds. The third kappa shape index (κ3) is 2.59. The Morgan fingerprint density at radius 2 is 1.83 bits per heavy atom. The number of nitrogens with zero attached hydrogens (tertiary/aromatic N) is 1. The first-order valence-corrected chi connectivity index (χ1v) is 6.84. The van der Waals surface area contributed by atoms with Crippen molar-refractivity contribution in [1.82, 2.24) is 4.98 Å². The molecule has 0 saturated heterocycles. The molecule has 0 aliphatic carbocycles. The molecule has 4 heteroatoms. The summed E-state index contributed by atoms with van der Waals surface area (Å²) < 4.78 is 0. The molecule has 1 aliphatic heterocycles. The van der Waals surface area contributed by atoms with E-state index >= 15 is 0 Å². The molecule has 0 unspecified atom stereocenters. The zero-order valence-electron chi connectivity index (χ0n) is 9.82. The average Bonchev–Trinajstić information content (AvgIpc) is 2.57. The van der Waals surface area contributed by atoms with E-state index in [0.717, 1.165) is 29.8 Å². The van der Waals surface area contributed by atoms with E-state index in [1.54, 1.807) is 0 Å². The second kappa shape index (κ2) is 5.85. The monoisotopic (exact) mass is 368 g/mol. The Labute approximate surface area is 126 Å². The molecule has 0 radical (unpaired) electrons. The number of halogens is 2. The fourth-order valence-corrected chi connectivity index (χ4v) is 2.50. The lowest BCUT2D eigenvalue weighted by Crippen LogP contribution is -2.02. The van der Waals surface area contributed by atoms with E-state index in [1.807, 2.05) is 0 Å². The number of hydrogen-bond acceptors (Lipinski definition) is 2. The highest BCUT2D eigenvalue weighted by Gasteiger charge is 2.13. The van der Waals surface area contributed by atoms with E-state index in [4.69, 9.17) is 0 Å². The Balaban J connectivity index is 0.00000120. The lowest BCUT2D eigenvalue weighted by atomic mass is 10.0. The molecule has 3 rings (SSSR count). The molecule has 0 spiro atoms. The van der Waals surface area contributed by atoms with Crippen molar-refractivity contribution >= 4 is 38.7 Å². The summed E-state index contributed by atoms with van der Waals surface area (Å²) in [7, 11) is 0. The van der Waals surface area contributed by atoms with Crippen molar-refractivity contribution in [3.63, 3.8) is 0 Å². The smallest absolute Gasteiger partial charge is 0.130 e. The van der Waals surface area contributed by atoms with Crippen LogP contribution in [0.25, 0.3) is 0 Å². The van der Waals surface area contributed by atoms with Gasteiger partial charge in [0.15, 0.2) is 0 Å². The minimum Gasteiger partial charge on any atom is -0.366 e. The number of pyridine rings is 1. The van der Waals surface area contributed by atoms with Crippen molar-refractivity contribution in [3.8, 4) is 0 Å². The Morgan fingerprint density at radius 3 is 2.61 bits per heavy atom. The van der Waals surface area contributed by atoms with E-state index in [2.05, 4.69) is 62.6 Å². The number of alkyl halides is 1. The molecule has 94 valence electrons. The van der Waals surface area contributed by atoms with E-state index < -0.39 is 0 Å². The number of nitrogens with one attached hydrogen (secondary N) is 1. The maximum Gasteiger partial charge on any atom is 0.130 e. The molecule has 1 aromatic heterocycles. The number of benzene rings is 1. The predicted molar refractivity (Wildman–Crippen MR) is 83.8 cm³/mol. The van der Waals surface area contributed by atoms with Gasteiger partial charge in [-0.05, 0) is 22.8 Å². The van der Waals surface area contributed by atoms with E-state index in [-0.39, 0.29) is 17.0 Å². The molecule has 18 heavy (non-hydrogen) atoms. The van der Waals surface area contributed by atoms with Gasteiger partial charge in [-0.1, -0.05) is 46.3 Å². The summed E-state index contributed by atoms with van der Waals surface area (Å²) in [6.45, 7) is 0.863.